The van der Waals surface area contributed by atoms with Gasteiger partial charge in [-0.2, -0.15) is 0 Å². The minimum atomic E-state index is -1.12. The molecule has 0 saturated carbocycles. The number of methoxy groups -OCH3 is 1. The number of para-hydroxylation sites is 1. The number of hydrogen-bond donors (Lipinski definition) is 2. The minimum Gasteiger partial charge on any atom is -0.467 e. The Balaban J connectivity index is 1.88. The third-order valence-corrected chi connectivity index (χ3v) is 5.66. The molecule has 0 bridgehead atoms. The molecule has 1 heterocycles. The van der Waals surface area contributed by atoms with Gasteiger partial charge in [-0.3, -0.25) is 14.2 Å². The highest BCUT2D eigenvalue weighted by atomic mass is 19.1. The summed E-state index contributed by atoms with van der Waals surface area (Å²) < 4.78 is 25.1. The Morgan fingerprint density at radius 2 is 1.61 bits per heavy atom. The van der Waals surface area contributed by atoms with Gasteiger partial charge in [0.2, 0.25) is 11.8 Å². The average Bonchev–Trinajstić information content (AvgIpc) is 3.21. The highest BCUT2D eigenvalue weighted by Gasteiger charge is 2.29. The molecular formula is C28H32FN3O6. The number of fused-ring (bicyclic) bond motifs is 1. The fourth-order valence-corrected chi connectivity index (χ4v) is 4.01. The number of esters is 1. The first-order valence-electron chi connectivity index (χ1n) is 12.1. The van der Waals surface area contributed by atoms with Gasteiger partial charge in [-0.1, -0.05) is 30.3 Å². The molecule has 0 aliphatic carbocycles. The number of nitrogens with one attached hydrogen (secondary N) is 2. The summed E-state index contributed by atoms with van der Waals surface area (Å²) in [5.74, 6) is -2.18. The molecule has 38 heavy (non-hydrogen) atoms. The molecule has 0 radical (unpaired) electrons. The Morgan fingerprint density at radius 3 is 2.21 bits per heavy atom. The second kappa shape index (κ2) is 11.9. The third-order valence-electron chi connectivity index (χ3n) is 5.66. The molecular weight excluding hydrogens is 493 g/mol. The summed E-state index contributed by atoms with van der Waals surface area (Å²) in [6, 6.07) is 10.5. The number of carbonyl (C=O) groups is 4. The standard InChI is InChI=1S/C28H32FN3O6/c1-17(33)30-22(14-18-10-12-20(29)13-11-18)25(34)31-23(26(35)37-5)15-19-16-32(27(36)38-28(2,3)4)24-9-7-6-8-21(19)24/h6-13,16,22-23H,14-15H2,1-5H3,(H,30,33)(H,31,34)/t22-,23+/m0/s1. The number of aromatic nitrogens is 1. The monoisotopic (exact) mass is 525 g/mol. The lowest BCUT2D eigenvalue weighted by molar-refractivity contribution is -0.145. The maximum atomic E-state index is 13.3. The summed E-state index contributed by atoms with van der Waals surface area (Å²) in [4.78, 5) is 50.5. The molecule has 3 rings (SSSR count). The molecule has 10 heteroatoms. The third kappa shape index (κ3) is 7.41. The molecule has 3 aromatic rings. The van der Waals surface area contributed by atoms with Gasteiger partial charge in [0, 0.05) is 31.3 Å². The van der Waals surface area contributed by atoms with E-state index in [2.05, 4.69) is 10.6 Å². The zero-order chi connectivity index (χ0) is 28.0. The Hall–Kier alpha value is -4.21. The molecule has 0 aliphatic rings. The number of ether oxygens (including phenoxy) is 2. The van der Waals surface area contributed by atoms with Crippen molar-refractivity contribution in [1.29, 1.82) is 0 Å². The molecule has 1 aromatic heterocycles. The van der Waals surface area contributed by atoms with Gasteiger partial charge in [0.05, 0.1) is 12.6 Å². The highest BCUT2D eigenvalue weighted by molar-refractivity contribution is 5.94. The summed E-state index contributed by atoms with van der Waals surface area (Å²) in [7, 11) is 1.20. The zero-order valence-electron chi connectivity index (χ0n) is 22.0. The van der Waals surface area contributed by atoms with E-state index in [1.807, 2.05) is 0 Å². The fourth-order valence-electron chi connectivity index (χ4n) is 4.01. The molecule has 0 spiro atoms. The van der Waals surface area contributed by atoms with E-state index in [0.717, 1.165) is 0 Å². The van der Waals surface area contributed by atoms with Gasteiger partial charge in [0.25, 0.3) is 0 Å². The smallest absolute Gasteiger partial charge is 0.419 e. The maximum Gasteiger partial charge on any atom is 0.419 e. The van der Waals surface area contributed by atoms with Crippen LogP contribution in [0, 0.1) is 5.82 Å². The van der Waals surface area contributed by atoms with Crippen molar-refractivity contribution < 1.29 is 33.0 Å². The van der Waals surface area contributed by atoms with Crippen LogP contribution < -0.4 is 10.6 Å². The van der Waals surface area contributed by atoms with Crippen molar-refractivity contribution in [2.75, 3.05) is 7.11 Å². The lowest BCUT2D eigenvalue weighted by atomic mass is 10.0. The lowest BCUT2D eigenvalue weighted by Gasteiger charge is -2.22. The Bertz CT molecular complexity index is 1330. The van der Waals surface area contributed by atoms with Crippen LogP contribution in [0.4, 0.5) is 9.18 Å². The number of nitrogens with zero attached hydrogens (tertiary/aromatic N) is 1. The quantitative estimate of drug-likeness (QED) is 0.435. The van der Waals surface area contributed by atoms with Crippen LogP contribution in [0.25, 0.3) is 10.9 Å². The summed E-state index contributed by atoms with van der Waals surface area (Å²) in [5.41, 5.74) is 1.10. The van der Waals surface area contributed by atoms with Gasteiger partial charge < -0.3 is 20.1 Å². The minimum absolute atomic E-state index is 0.0120. The van der Waals surface area contributed by atoms with Gasteiger partial charge in [-0.25, -0.2) is 14.0 Å². The molecule has 0 fully saturated rings. The maximum absolute atomic E-state index is 13.3. The van der Waals surface area contributed by atoms with E-state index >= 15 is 0 Å². The SMILES string of the molecule is COC(=O)[C@@H](Cc1cn(C(=O)OC(C)(C)C)c2ccccc12)NC(=O)[C@H](Cc1ccc(F)cc1)NC(C)=O. The van der Waals surface area contributed by atoms with Crippen LogP contribution in [0.3, 0.4) is 0 Å². The van der Waals surface area contributed by atoms with E-state index in [1.165, 1.54) is 42.9 Å². The first-order chi connectivity index (χ1) is 17.9. The number of amides is 2. The summed E-state index contributed by atoms with van der Waals surface area (Å²) in [6.45, 7) is 6.56. The summed E-state index contributed by atoms with van der Waals surface area (Å²) in [5, 5.41) is 5.94. The largest absolute Gasteiger partial charge is 0.467 e. The van der Waals surface area contributed by atoms with Gasteiger partial charge in [-0.05, 0) is 50.1 Å². The number of hydrogen-bond acceptors (Lipinski definition) is 6. The van der Waals surface area contributed by atoms with Crippen LogP contribution >= 0.6 is 0 Å². The number of rotatable bonds is 8. The molecule has 0 aliphatic heterocycles. The summed E-state index contributed by atoms with van der Waals surface area (Å²) >= 11 is 0. The van der Waals surface area contributed by atoms with E-state index in [-0.39, 0.29) is 12.8 Å². The predicted molar refractivity (Wildman–Crippen MR) is 139 cm³/mol. The molecule has 2 N–H and O–H groups in total. The van der Waals surface area contributed by atoms with Gasteiger partial charge in [0.15, 0.2) is 0 Å². The molecule has 2 atom stereocenters. The molecule has 2 amide bonds. The highest BCUT2D eigenvalue weighted by Crippen LogP contribution is 2.24. The van der Waals surface area contributed by atoms with Gasteiger partial charge in [-0.15, -0.1) is 0 Å². The fraction of sp³-hybridized carbons (Fsp3) is 0.357. The Morgan fingerprint density at radius 1 is 0.947 bits per heavy atom. The van der Waals surface area contributed by atoms with E-state index in [4.69, 9.17) is 9.47 Å². The number of benzene rings is 2. The van der Waals surface area contributed by atoms with E-state index in [1.54, 1.807) is 51.2 Å². The first kappa shape index (κ1) is 28.4. The first-order valence-corrected chi connectivity index (χ1v) is 12.1. The van der Waals surface area contributed by atoms with Crippen LogP contribution in [0.1, 0.15) is 38.8 Å². The second-order valence-corrected chi connectivity index (χ2v) is 9.89. The topological polar surface area (TPSA) is 116 Å². The second-order valence-electron chi connectivity index (χ2n) is 9.89. The van der Waals surface area contributed by atoms with Crippen molar-refractivity contribution in [1.82, 2.24) is 15.2 Å². The van der Waals surface area contributed by atoms with Crippen molar-refractivity contribution in [3.8, 4) is 0 Å². The molecule has 0 unspecified atom stereocenters. The normalized spacial score (nSPS) is 12.9. The van der Waals surface area contributed by atoms with Gasteiger partial charge >= 0.3 is 12.1 Å². The van der Waals surface area contributed by atoms with E-state index in [0.29, 0.717) is 22.0 Å². The van der Waals surface area contributed by atoms with Crippen LogP contribution in [-0.4, -0.2) is 53.2 Å². The van der Waals surface area contributed by atoms with Crippen LogP contribution in [0.15, 0.2) is 54.7 Å². The van der Waals surface area contributed by atoms with Crippen LogP contribution in [-0.2, 0) is 36.7 Å². The van der Waals surface area contributed by atoms with Gasteiger partial charge in [0.1, 0.15) is 23.5 Å². The van der Waals surface area contributed by atoms with Crippen molar-refractivity contribution in [3.05, 3.63) is 71.7 Å². The lowest BCUT2D eigenvalue weighted by Crippen LogP contribution is -2.53. The molecule has 9 nitrogen and oxygen atoms in total. The van der Waals surface area contributed by atoms with E-state index < -0.39 is 47.4 Å². The Kier molecular flexibility index (Phi) is 8.88. The predicted octanol–water partition coefficient (Wildman–Crippen LogP) is 3.51. The molecule has 0 saturated heterocycles. The molecule has 202 valence electrons. The van der Waals surface area contributed by atoms with Crippen molar-refractivity contribution >= 4 is 34.8 Å². The van der Waals surface area contributed by atoms with Crippen molar-refractivity contribution in [2.24, 2.45) is 0 Å². The average molecular weight is 526 g/mol. The number of halogens is 1. The van der Waals surface area contributed by atoms with E-state index in [9.17, 15) is 23.6 Å². The summed E-state index contributed by atoms with van der Waals surface area (Å²) in [6.07, 6.45) is 1.09. The van der Waals surface area contributed by atoms with Crippen LogP contribution in [0.5, 0.6) is 0 Å². The van der Waals surface area contributed by atoms with Crippen molar-refractivity contribution in [3.63, 3.8) is 0 Å². The van der Waals surface area contributed by atoms with Crippen LogP contribution in [0.2, 0.25) is 0 Å². The Labute approximate surface area is 220 Å². The molecule has 2 aromatic carbocycles. The zero-order valence-corrected chi connectivity index (χ0v) is 22.0. The van der Waals surface area contributed by atoms with Crippen molar-refractivity contribution in [2.45, 2.75) is 58.2 Å². The number of carbonyl (C=O) groups excluding carboxylic acids is 4.